The molecule has 4 nitrogen and oxygen atoms in total. The van der Waals surface area contributed by atoms with Crippen molar-refractivity contribution in [3.8, 4) is 0 Å². The second-order valence-electron chi connectivity index (χ2n) is 3.86. The first kappa shape index (κ1) is 14.3. The molecule has 0 radical (unpaired) electrons. The first-order chi connectivity index (χ1) is 9.01. The third-order valence-corrected chi connectivity index (χ3v) is 5.45. The van der Waals surface area contributed by atoms with Crippen molar-refractivity contribution in [1.82, 2.24) is 4.98 Å². The van der Waals surface area contributed by atoms with Crippen LogP contribution in [0.15, 0.2) is 35.4 Å². The number of benzene rings is 1. The number of halogens is 1. The van der Waals surface area contributed by atoms with Gasteiger partial charge < -0.3 is 5.32 Å². The molecular formula is C12H13ClN2O2S2. The first-order valence-electron chi connectivity index (χ1n) is 5.68. The minimum Gasteiger partial charge on any atom is -0.380 e. The average Bonchev–Trinajstić information content (AvgIpc) is 2.83. The Morgan fingerprint density at radius 3 is 2.53 bits per heavy atom. The largest absolute Gasteiger partial charge is 0.380 e. The summed E-state index contributed by atoms with van der Waals surface area (Å²) in [7, 11) is -3.13. The Bertz CT molecular complexity index is 651. The molecule has 0 aliphatic carbocycles. The first-order valence-corrected chi connectivity index (χ1v) is 8.53. The van der Waals surface area contributed by atoms with E-state index in [9.17, 15) is 8.42 Å². The van der Waals surface area contributed by atoms with Gasteiger partial charge in [0, 0.05) is 16.8 Å². The molecule has 1 N–H and O–H groups in total. The van der Waals surface area contributed by atoms with Crippen molar-refractivity contribution in [2.75, 3.05) is 11.1 Å². The fourth-order valence-electron chi connectivity index (χ4n) is 1.50. The molecule has 2 rings (SSSR count). The van der Waals surface area contributed by atoms with Crippen molar-refractivity contribution in [1.29, 1.82) is 0 Å². The van der Waals surface area contributed by atoms with Crippen LogP contribution < -0.4 is 5.32 Å². The third kappa shape index (κ3) is 3.68. The van der Waals surface area contributed by atoms with E-state index in [0.29, 0.717) is 15.9 Å². The molecule has 0 amide bonds. The fourth-order valence-corrected chi connectivity index (χ4v) is 3.30. The second kappa shape index (κ2) is 5.90. The lowest BCUT2D eigenvalue weighted by atomic mass is 10.3. The second-order valence-corrected chi connectivity index (χ2v) is 7.84. The summed E-state index contributed by atoms with van der Waals surface area (Å²) in [6.07, 6.45) is 1.72. The molecule has 0 saturated heterocycles. The van der Waals surface area contributed by atoms with Gasteiger partial charge in [-0.15, -0.1) is 11.3 Å². The number of hydrogen-bond acceptors (Lipinski definition) is 5. The van der Waals surface area contributed by atoms with Gasteiger partial charge in [-0.1, -0.05) is 18.5 Å². The van der Waals surface area contributed by atoms with Gasteiger partial charge in [0.2, 0.25) is 0 Å². The van der Waals surface area contributed by atoms with Crippen LogP contribution in [0.4, 0.5) is 5.69 Å². The summed E-state index contributed by atoms with van der Waals surface area (Å²) < 4.78 is 23.8. The topological polar surface area (TPSA) is 59.1 Å². The standard InChI is InChI=1S/C12H13ClN2O2S2/c1-2-19(16,17)11-5-3-9(4-6-11)14-7-10-8-15-12(13)18-10/h3-6,8,14H,2,7H2,1H3. The van der Waals surface area contributed by atoms with Crippen LogP contribution in [0.3, 0.4) is 0 Å². The maximum Gasteiger partial charge on any atom is 0.183 e. The summed E-state index contributed by atoms with van der Waals surface area (Å²) in [6, 6.07) is 6.73. The van der Waals surface area contributed by atoms with Crippen LogP contribution in [0, 0.1) is 0 Å². The van der Waals surface area contributed by atoms with Gasteiger partial charge in [0.1, 0.15) is 0 Å². The van der Waals surface area contributed by atoms with Crippen molar-refractivity contribution in [2.45, 2.75) is 18.4 Å². The van der Waals surface area contributed by atoms with Crippen molar-refractivity contribution < 1.29 is 8.42 Å². The van der Waals surface area contributed by atoms with E-state index in [1.165, 1.54) is 11.3 Å². The van der Waals surface area contributed by atoms with Gasteiger partial charge in [-0.2, -0.15) is 0 Å². The molecule has 1 heterocycles. The molecule has 102 valence electrons. The van der Waals surface area contributed by atoms with Crippen molar-refractivity contribution in [3.63, 3.8) is 0 Å². The SMILES string of the molecule is CCS(=O)(=O)c1ccc(NCc2cnc(Cl)s2)cc1. The van der Waals surface area contributed by atoms with Gasteiger partial charge in [-0.25, -0.2) is 13.4 Å². The summed E-state index contributed by atoms with van der Waals surface area (Å²) in [5.41, 5.74) is 0.861. The predicted octanol–water partition coefficient (Wildman–Crippen LogP) is 3.20. The third-order valence-electron chi connectivity index (χ3n) is 2.59. The van der Waals surface area contributed by atoms with Crippen LogP contribution in [0.1, 0.15) is 11.8 Å². The Kier molecular flexibility index (Phi) is 4.44. The molecule has 0 bridgehead atoms. The van der Waals surface area contributed by atoms with Gasteiger partial charge in [-0.05, 0) is 24.3 Å². The van der Waals surface area contributed by atoms with Crippen LogP contribution in [-0.2, 0) is 16.4 Å². The molecule has 0 aliphatic rings. The highest BCUT2D eigenvalue weighted by Crippen LogP contribution is 2.20. The Morgan fingerprint density at radius 2 is 2.00 bits per heavy atom. The van der Waals surface area contributed by atoms with E-state index in [0.717, 1.165) is 10.6 Å². The molecule has 0 aliphatic heterocycles. The van der Waals surface area contributed by atoms with Gasteiger partial charge in [0.15, 0.2) is 14.3 Å². The number of thiazole rings is 1. The summed E-state index contributed by atoms with van der Waals surface area (Å²) in [5, 5.41) is 3.19. The number of anilines is 1. The molecule has 0 fully saturated rings. The molecular weight excluding hydrogens is 304 g/mol. The van der Waals surface area contributed by atoms with Gasteiger partial charge in [0.25, 0.3) is 0 Å². The quantitative estimate of drug-likeness (QED) is 0.920. The van der Waals surface area contributed by atoms with E-state index in [1.807, 2.05) is 0 Å². The highest BCUT2D eigenvalue weighted by atomic mass is 35.5. The lowest BCUT2D eigenvalue weighted by molar-refractivity contribution is 0.597. The van der Waals surface area contributed by atoms with Crippen molar-refractivity contribution >= 4 is 38.5 Å². The lowest BCUT2D eigenvalue weighted by Gasteiger charge is -2.06. The van der Waals surface area contributed by atoms with Crippen LogP contribution in [-0.4, -0.2) is 19.2 Å². The van der Waals surface area contributed by atoms with Crippen molar-refractivity contribution in [3.05, 3.63) is 39.8 Å². The Morgan fingerprint density at radius 1 is 1.32 bits per heavy atom. The number of hydrogen-bond donors (Lipinski definition) is 1. The molecule has 19 heavy (non-hydrogen) atoms. The number of nitrogens with one attached hydrogen (secondary N) is 1. The normalized spacial score (nSPS) is 11.5. The van der Waals surface area contributed by atoms with E-state index in [1.54, 1.807) is 37.4 Å². The van der Waals surface area contributed by atoms with Gasteiger partial charge in [-0.3, -0.25) is 0 Å². The summed E-state index contributed by atoms with van der Waals surface area (Å²) in [4.78, 5) is 5.32. The maximum absolute atomic E-state index is 11.7. The Hall–Kier alpha value is -1.11. The van der Waals surface area contributed by atoms with E-state index >= 15 is 0 Å². The number of nitrogens with zero attached hydrogens (tertiary/aromatic N) is 1. The number of sulfone groups is 1. The van der Waals surface area contributed by atoms with E-state index in [-0.39, 0.29) is 5.75 Å². The van der Waals surface area contributed by atoms with E-state index in [2.05, 4.69) is 10.3 Å². The van der Waals surface area contributed by atoms with Crippen molar-refractivity contribution in [2.24, 2.45) is 0 Å². The molecule has 0 atom stereocenters. The van der Waals surface area contributed by atoms with Gasteiger partial charge in [0.05, 0.1) is 17.2 Å². The molecule has 0 spiro atoms. The average molecular weight is 317 g/mol. The number of rotatable bonds is 5. The van der Waals surface area contributed by atoms with E-state index < -0.39 is 9.84 Å². The summed E-state index contributed by atoms with van der Waals surface area (Å²) >= 11 is 7.16. The zero-order chi connectivity index (χ0) is 13.9. The Labute approximate surface area is 121 Å². The highest BCUT2D eigenvalue weighted by molar-refractivity contribution is 7.91. The summed E-state index contributed by atoms with van der Waals surface area (Å²) in [5.74, 6) is 0.110. The molecule has 0 saturated carbocycles. The molecule has 7 heteroatoms. The van der Waals surface area contributed by atoms with Crippen LogP contribution in [0.2, 0.25) is 4.47 Å². The summed E-state index contributed by atoms with van der Waals surface area (Å²) in [6.45, 7) is 2.25. The fraction of sp³-hybridized carbons (Fsp3) is 0.250. The molecule has 1 aromatic heterocycles. The highest BCUT2D eigenvalue weighted by Gasteiger charge is 2.10. The zero-order valence-corrected chi connectivity index (χ0v) is 12.6. The minimum atomic E-state index is -3.13. The van der Waals surface area contributed by atoms with Crippen LogP contribution in [0.5, 0.6) is 0 Å². The smallest absolute Gasteiger partial charge is 0.183 e. The van der Waals surface area contributed by atoms with Crippen LogP contribution >= 0.6 is 22.9 Å². The van der Waals surface area contributed by atoms with Crippen LogP contribution in [0.25, 0.3) is 0 Å². The predicted molar refractivity (Wildman–Crippen MR) is 78.6 cm³/mol. The van der Waals surface area contributed by atoms with Gasteiger partial charge >= 0.3 is 0 Å². The van der Waals surface area contributed by atoms with E-state index in [4.69, 9.17) is 11.6 Å². The maximum atomic E-state index is 11.7. The monoisotopic (exact) mass is 316 g/mol. The molecule has 1 aromatic carbocycles. The molecule has 0 unspecified atom stereocenters. The lowest BCUT2D eigenvalue weighted by Crippen LogP contribution is -2.04. The Balaban J connectivity index is 2.03. The zero-order valence-electron chi connectivity index (χ0n) is 10.3. The minimum absolute atomic E-state index is 0.110. The molecule has 2 aromatic rings. The number of aromatic nitrogens is 1.